The molecule has 0 aliphatic carbocycles. The smallest absolute Gasteiger partial charge is 0.256 e. The number of aryl methyl sites for hydroxylation is 1. The molecule has 37 heavy (non-hydrogen) atoms. The van der Waals surface area contributed by atoms with Crippen LogP contribution in [0.3, 0.4) is 0 Å². The number of H-pyrrole nitrogens is 1. The van der Waals surface area contributed by atoms with E-state index in [2.05, 4.69) is 16.4 Å². The quantitative estimate of drug-likeness (QED) is 0.597. The molecule has 1 fully saturated rings. The van der Waals surface area contributed by atoms with Gasteiger partial charge in [0.15, 0.2) is 0 Å². The Morgan fingerprint density at radius 1 is 0.973 bits per heavy atom. The number of fused-ring (bicyclic) bond motifs is 1. The van der Waals surface area contributed by atoms with Gasteiger partial charge in [0.1, 0.15) is 0 Å². The van der Waals surface area contributed by atoms with Crippen molar-refractivity contribution in [1.82, 2.24) is 9.88 Å². The Kier molecular flexibility index (Phi) is 9.09. The summed E-state index contributed by atoms with van der Waals surface area (Å²) >= 11 is 0. The second kappa shape index (κ2) is 12.7. The molecule has 1 aromatic heterocycles. The zero-order valence-corrected chi connectivity index (χ0v) is 21.2. The molecule has 2 aromatic rings. The molecule has 1 aromatic carbocycles. The fourth-order valence-electron chi connectivity index (χ4n) is 4.37. The lowest BCUT2D eigenvalue weighted by atomic mass is 10.0. The van der Waals surface area contributed by atoms with E-state index in [0.717, 1.165) is 5.56 Å². The zero-order valence-electron chi connectivity index (χ0n) is 21.2. The molecule has 2 N–H and O–H groups in total. The van der Waals surface area contributed by atoms with Crippen LogP contribution in [0, 0.1) is 25.2 Å². The number of anilines is 1. The molecule has 0 spiro atoms. The Bertz CT molecular complexity index is 1200. The van der Waals surface area contributed by atoms with Crippen LogP contribution in [0.15, 0.2) is 18.2 Å². The van der Waals surface area contributed by atoms with E-state index in [9.17, 15) is 14.9 Å². The van der Waals surface area contributed by atoms with E-state index in [0.29, 0.717) is 105 Å². The number of ether oxygens (including phenoxy) is 4. The number of hydrogen-bond acceptors (Lipinski definition) is 7. The van der Waals surface area contributed by atoms with Crippen molar-refractivity contribution in [3.63, 3.8) is 0 Å². The van der Waals surface area contributed by atoms with E-state index in [1.165, 1.54) is 0 Å². The number of aromatic amines is 1. The maximum atomic E-state index is 13.6. The molecule has 2 amide bonds. The third kappa shape index (κ3) is 6.45. The van der Waals surface area contributed by atoms with Crippen LogP contribution < -0.4 is 5.32 Å². The van der Waals surface area contributed by atoms with E-state index in [1.54, 1.807) is 29.2 Å². The first kappa shape index (κ1) is 26.6. The van der Waals surface area contributed by atoms with Crippen molar-refractivity contribution in [2.75, 3.05) is 71.3 Å². The van der Waals surface area contributed by atoms with Gasteiger partial charge in [-0.15, -0.1) is 0 Å². The highest BCUT2D eigenvalue weighted by Crippen LogP contribution is 2.34. The molecule has 0 saturated carbocycles. The molecule has 10 heteroatoms. The third-order valence-corrected chi connectivity index (χ3v) is 6.32. The summed E-state index contributed by atoms with van der Waals surface area (Å²) in [6.45, 7) is 8.10. The van der Waals surface area contributed by atoms with Gasteiger partial charge in [0, 0.05) is 35.7 Å². The van der Waals surface area contributed by atoms with Crippen molar-refractivity contribution in [2.45, 2.75) is 13.8 Å². The van der Waals surface area contributed by atoms with Gasteiger partial charge in [-0.1, -0.05) is 0 Å². The van der Waals surface area contributed by atoms with Gasteiger partial charge in [-0.3, -0.25) is 9.59 Å². The van der Waals surface area contributed by atoms with E-state index in [4.69, 9.17) is 18.9 Å². The van der Waals surface area contributed by atoms with Crippen molar-refractivity contribution in [3.05, 3.63) is 51.8 Å². The van der Waals surface area contributed by atoms with Gasteiger partial charge in [-0.05, 0) is 43.7 Å². The maximum Gasteiger partial charge on any atom is 0.256 e. The minimum Gasteiger partial charge on any atom is -0.377 e. The highest BCUT2D eigenvalue weighted by molar-refractivity contribution is 6.35. The first-order valence-corrected chi connectivity index (χ1v) is 12.4. The SMILES string of the molecule is Cc1[nH]c(/C=C2\C(=O)Nc3ccc(C#N)cc32)c(C)c1C(=O)N1CCOCCOCCOCCOCC1. The van der Waals surface area contributed by atoms with Crippen LogP contribution in [0.1, 0.15) is 38.4 Å². The second-order valence-corrected chi connectivity index (χ2v) is 8.79. The van der Waals surface area contributed by atoms with Gasteiger partial charge >= 0.3 is 0 Å². The minimum absolute atomic E-state index is 0.136. The Morgan fingerprint density at radius 3 is 2.16 bits per heavy atom. The average molecular weight is 509 g/mol. The number of benzene rings is 1. The molecule has 196 valence electrons. The topological polar surface area (TPSA) is 126 Å². The predicted octanol–water partition coefficient (Wildman–Crippen LogP) is 2.52. The molecule has 10 nitrogen and oxygen atoms in total. The molecule has 2 aliphatic heterocycles. The Labute approximate surface area is 216 Å². The van der Waals surface area contributed by atoms with Crippen LogP contribution in [-0.4, -0.2) is 87.6 Å². The van der Waals surface area contributed by atoms with E-state index in [-0.39, 0.29) is 11.8 Å². The first-order chi connectivity index (χ1) is 18.0. The lowest BCUT2D eigenvalue weighted by Gasteiger charge is -2.23. The van der Waals surface area contributed by atoms with Crippen molar-refractivity contribution < 1.29 is 28.5 Å². The lowest BCUT2D eigenvalue weighted by Crippen LogP contribution is -2.37. The van der Waals surface area contributed by atoms with Crippen molar-refractivity contribution >= 4 is 29.2 Å². The molecule has 0 bridgehead atoms. The predicted molar refractivity (Wildman–Crippen MR) is 137 cm³/mol. The molecule has 2 aliphatic rings. The van der Waals surface area contributed by atoms with Gasteiger partial charge in [0.25, 0.3) is 11.8 Å². The van der Waals surface area contributed by atoms with Crippen LogP contribution in [0.5, 0.6) is 0 Å². The highest BCUT2D eigenvalue weighted by atomic mass is 16.6. The molecule has 4 rings (SSSR count). The second-order valence-electron chi connectivity index (χ2n) is 8.79. The fraction of sp³-hybridized carbons (Fsp3) is 0.444. The number of rotatable bonds is 2. The number of aromatic nitrogens is 1. The summed E-state index contributed by atoms with van der Waals surface area (Å²) in [5.74, 6) is -0.389. The number of hydrogen-bond donors (Lipinski definition) is 2. The number of nitrogens with zero attached hydrogens (tertiary/aromatic N) is 2. The number of nitrogens with one attached hydrogen (secondary N) is 2. The van der Waals surface area contributed by atoms with Crippen LogP contribution in [0.4, 0.5) is 5.69 Å². The Morgan fingerprint density at radius 2 is 1.57 bits per heavy atom. The first-order valence-electron chi connectivity index (χ1n) is 12.4. The van der Waals surface area contributed by atoms with Crippen molar-refractivity contribution in [2.24, 2.45) is 0 Å². The number of carbonyl (C=O) groups is 2. The third-order valence-electron chi connectivity index (χ3n) is 6.32. The molecular weight excluding hydrogens is 476 g/mol. The van der Waals surface area contributed by atoms with Gasteiger partial charge in [-0.25, -0.2) is 0 Å². The van der Waals surface area contributed by atoms with Crippen LogP contribution in [0.25, 0.3) is 11.6 Å². The Hall–Kier alpha value is -3.49. The molecule has 0 unspecified atom stereocenters. The summed E-state index contributed by atoms with van der Waals surface area (Å²) in [6, 6.07) is 7.18. The van der Waals surface area contributed by atoms with Crippen LogP contribution in [-0.2, 0) is 23.7 Å². The van der Waals surface area contributed by atoms with Crippen molar-refractivity contribution in [3.8, 4) is 6.07 Å². The van der Waals surface area contributed by atoms with Crippen LogP contribution >= 0.6 is 0 Å². The number of nitriles is 1. The van der Waals surface area contributed by atoms with Crippen LogP contribution in [0.2, 0.25) is 0 Å². The molecule has 1 saturated heterocycles. The minimum atomic E-state index is -0.252. The van der Waals surface area contributed by atoms with E-state index >= 15 is 0 Å². The molecule has 0 atom stereocenters. The number of carbonyl (C=O) groups excluding carboxylic acids is 2. The zero-order chi connectivity index (χ0) is 26.2. The summed E-state index contributed by atoms with van der Waals surface area (Å²) in [5.41, 5.74) is 4.90. The Balaban J connectivity index is 1.55. The molecular formula is C27H32N4O6. The van der Waals surface area contributed by atoms with Gasteiger partial charge < -0.3 is 34.1 Å². The van der Waals surface area contributed by atoms with Crippen molar-refractivity contribution in [1.29, 1.82) is 5.26 Å². The molecule has 0 radical (unpaired) electrons. The monoisotopic (exact) mass is 508 g/mol. The highest BCUT2D eigenvalue weighted by Gasteiger charge is 2.27. The van der Waals surface area contributed by atoms with Gasteiger partial charge in [0.05, 0.1) is 75.6 Å². The van der Waals surface area contributed by atoms with Gasteiger partial charge in [-0.2, -0.15) is 5.26 Å². The largest absolute Gasteiger partial charge is 0.377 e. The number of amides is 2. The fourth-order valence-corrected chi connectivity index (χ4v) is 4.37. The summed E-state index contributed by atoms with van der Waals surface area (Å²) in [6.07, 6.45) is 1.74. The summed E-state index contributed by atoms with van der Waals surface area (Å²) in [5, 5.41) is 12.1. The van der Waals surface area contributed by atoms with E-state index < -0.39 is 0 Å². The average Bonchev–Trinajstić information content (AvgIpc) is 3.35. The normalized spacial score (nSPS) is 19.0. The summed E-state index contributed by atoms with van der Waals surface area (Å²) in [7, 11) is 0. The van der Waals surface area contributed by atoms with Gasteiger partial charge in [0.2, 0.25) is 0 Å². The molecule has 3 heterocycles. The lowest BCUT2D eigenvalue weighted by molar-refractivity contribution is -0.110. The summed E-state index contributed by atoms with van der Waals surface area (Å²) < 4.78 is 22.2. The van der Waals surface area contributed by atoms with E-state index in [1.807, 2.05) is 13.8 Å². The standard InChI is InChI=1S/C27H32N4O6/c1-18-24(16-22-21-15-20(17-28)3-4-23(21)30-26(22)32)29-19(2)25(18)27(33)31-5-7-34-9-11-36-13-14-37-12-10-35-8-6-31/h3-4,15-16,29H,5-14H2,1-2H3,(H,30,32)/b22-16-. The summed E-state index contributed by atoms with van der Waals surface area (Å²) in [4.78, 5) is 31.3. The maximum absolute atomic E-state index is 13.6.